The molecule has 0 aromatic carbocycles. The van der Waals surface area contributed by atoms with E-state index in [0.29, 0.717) is 0 Å². The summed E-state index contributed by atoms with van der Waals surface area (Å²) >= 11 is 3.49. The SMILES string of the molecule is O=C(CN1CCc2sccc2[C@@H]1c1cccs1)NC(=O)NC1CC1. The zero-order chi connectivity index (χ0) is 16.5. The molecule has 5 nitrogen and oxygen atoms in total. The molecule has 0 spiro atoms. The lowest BCUT2D eigenvalue weighted by Crippen LogP contribution is -2.47. The van der Waals surface area contributed by atoms with Crippen molar-refractivity contribution in [2.24, 2.45) is 0 Å². The van der Waals surface area contributed by atoms with Gasteiger partial charge in [0.1, 0.15) is 0 Å². The Morgan fingerprint density at radius 2 is 2.08 bits per heavy atom. The third kappa shape index (κ3) is 3.38. The fourth-order valence-electron chi connectivity index (χ4n) is 3.12. The third-order valence-corrected chi connectivity index (χ3v) is 6.31. The monoisotopic (exact) mass is 361 g/mol. The number of fused-ring (bicyclic) bond motifs is 1. The molecular formula is C17H19N3O2S2. The van der Waals surface area contributed by atoms with E-state index in [1.165, 1.54) is 15.3 Å². The molecule has 2 aromatic rings. The van der Waals surface area contributed by atoms with Gasteiger partial charge in [0.25, 0.3) is 0 Å². The Bertz CT molecular complexity index is 737. The molecule has 0 saturated heterocycles. The van der Waals surface area contributed by atoms with Crippen molar-refractivity contribution < 1.29 is 9.59 Å². The van der Waals surface area contributed by atoms with Crippen LogP contribution in [0.5, 0.6) is 0 Å². The van der Waals surface area contributed by atoms with Crippen molar-refractivity contribution in [1.29, 1.82) is 0 Å². The van der Waals surface area contributed by atoms with Gasteiger partial charge < -0.3 is 5.32 Å². The molecule has 2 N–H and O–H groups in total. The number of amides is 3. The first-order valence-electron chi connectivity index (χ1n) is 8.15. The predicted molar refractivity (Wildman–Crippen MR) is 95.5 cm³/mol. The average molecular weight is 361 g/mol. The summed E-state index contributed by atoms with van der Waals surface area (Å²) in [7, 11) is 0. The molecule has 126 valence electrons. The van der Waals surface area contributed by atoms with Gasteiger partial charge in [0, 0.05) is 22.3 Å². The maximum atomic E-state index is 12.3. The Balaban J connectivity index is 1.47. The second-order valence-electron chi connectivity index (χ2n) is 6.23. The number of carbonyl (C=O) groups is 2. The van der Waals surface area contributed by atoms with E-state index in [9.17, 15) is 9.59 Å². The number of nitrogens with one attached hydrogen (secondary N) is 2. The van der Waals surface area contributed by atoms with Crippen molar-refractivity contribution in [2.75, 3.05) is 13.1 Å². The first-order valence-corrected chi connectivity index (χ1v) is 9.90. The molecule has 3 amide bonds. The molecule has 7 heteroatoms. The number of carbonyl (C=O) groups excluding carboxylic acids is 2. The van der Waals surface area contributed by atoms with E-state index >= 15 is 0 Å². The largest absolute Gasteiger partial charge is 0.335 e. The number of imide groups is 1. The van der Waals surface area contributed by atoms with E-state index in [1.807, 2.05) is 6.07 Å². The second-order valence-corrected chi connectivity index (χ2v) is 8.21. The van der Waals surface area contributed by atoms with Crippen LogP contribution in [-0.4, -0.2) is 36.0 Å². The molecule has 0 unspecified atom stereocenters. The lowest BCUT2D eigenvalue weighted by atomic mass is 9.98. The van der Waals surface area contributed by atoms with Crippen LogP contribution in [0.2, 0.25) is 0 Å². The van der Waals surface area contributed by atoms with Gasteiger partial charge >= 0.3 is 6.03 Å². The molecule has 1 aliphatic heterocycles. The summed E-state index contributed by atoms with van der Waals surface area (Å²) in [5, 5.41) is 9.43. The minimum absolute atomic E-state index is 0.109. The van der Waals surface area contributed by atoms with Crippen LogP contribution in [0.3, 0.4) is 0 Å². The number of urea groups is 1. The molecule has 3 heterocycles. The zero-order valence-electron chi connectivity index (χ0n) is 13.2. The van der Waals surface area contributed by atoms with E-state index < -0.39 is 0 Å². The van der Waals surface area contributed by atoms with Gasteiger partial charge in [0.15, 0.2) is 0 Å². The molecule has 1 aliphatic carbocycles. The minimum atomic E-state index is -0.372. The quantitative estimate of drug-likeness (QED) is 0.880. The van der Waals surface area contributed by atoms with Crippen LogP contribution in [0.15, 0.2) is 29.0 Å². The molecule has 0 bridgehead atoms. The predicted octanol–water partition coefficient (Wildman–Crippen LogP) is 2.75. The number of rotatable bonds is 4. The average Bonchev–Trinajstić information content (AvgIpc) is 3.04. The van der Waals surface area contributed by atoms with Crippen molar-refractivity contribution in [3.8, 4) is 0 Å². The minimum Gasteiger partial charge on any atom is -0.335 e. The molecule has 1 fully saturated rings. The van der Waals surface area contributed by atoms with Gasteiger partial charge in [0.05, 0.1) is 12.6 Å². The number of hydrogen-bond donors (Lipinski definition) is 2. The van der Waals surface area contributed by atoms with Crippen LogP contribution < -0.4 is 10.6 Å². The van der Waals surface area contributed by atoms with Gasteiger partial charge in [-0.3, -0.25) is 15.0 Å². The van der Waals surface area contributed by atoms with Gasteiger partial charge in [-0.1, -0.05) is 6.07 Å². The second kappa shape index (κ2) is 6.66. The topological polar surface area (TPSA) is 61.4 Å². The molecule has 4 rings (SSSR count). The molecule has 2 aromatic heterocycles. The van der Waals surface area contributed by atoms with Crippen molar-refractivity contribution in [2.45, 2.75) is 31.3 Å². The van der Waals surface area contributed by atoms with E-state index in [0.717, 1.165) is 25.8 Å². The zero-order valence-corrected chi connectivity index (χ0v) is 14.8. The highest BCUT2D eigenvalue weighted by Gasteiger charge is 2.32. The van der Waals surface area contributed by atoms with Gasteiger partial charge in [-0.2, -0.15) is 0 Å². The summed E-state index contributed by atoms with van der Waals surface area (Å²) in [4.78, 5) is 28.8. The summed E-state index contributed by atoms with van der Waals surface area (Å²) < 4.78 is 0. The third-order valence-electron chi connectivity index (χ3n) is 4.39. The summed E-state index contributed by atoms with van der Waals surface area (Å²) in [5.74, 6) is -0.242. The Labute approximate surface area is 148 Å². The maximum absolute atomic E-state index is 12.3. The van der Waals surface area contributed by atoms with Crippen LogP contribution in [0.1, 0.15) is 34.2 Å². The Morgan fingerprint density at radius 3 is 2.83 bits per heavy atom. The lowest BCUT2D eigenvalue weighted by molar-refractivity contribution is -0.121. The van der Waals surface area contributed by atoms with Crippen LogP contribution in [-0.2, 0) is 11.2 Å². The van der Waals surface area contributed by atoms with Crippen molar-refractivity contribution in [1.82, 2.24) is 15.5 Å². The van der Waals surface area contributed by atoms with Crippen molar-refractivity contribution >= 4 is 34.6 Å². The fourth-order valence-corrected chi connectivity index (χ4v) is 4.90. The fraction of sp³-hybridized carbons (Fsp3) is 0.412. The molecule has 2 aliphatic rings. The van der Waals surface area contributed by atoms with Gasteiger partial charge in [0.2, 0.25) is 5.91 Å². The Hall–Kier alpha value is -1.70. The van der Waals surface area contributed by atoms with Gasteiger partial charge in [-0.05, 0) is 47.7 Å². The lowest BCUT2D eigenvalue weighted by Gasteiger charge is -2.34. The molecule has 0 radical (unpaired) electrons. The molecule has 1 saturated carbocycles. The van der Waals surface area contributed by atoms with E-state index in [1.54, 1.807) is 22.7 Å². The van der Waals surface area contributed by atoms with E-state index in [2.05, 4.69) is 38.4 Å². The maximum Gasteiger partial charge on any atom is 0.321 e. The number of nitrogens with zero attached hydrogens (tertiary/aromatic N) is 1. The highest BCUT2D eigenvalue weighted by molar-refractivity contribution is 7.10. The Morgan fingerprint density at radius 1 is 1.21 bits per heavy atom. The highest BCUT2D eigenvalue weighted by Crippen LogP contribution is 2.39. The van der Waals surface area contributed by atoms with E-state index in [4.69, 9.17) is 0 Å². The first-order chi connectivity index (χ1) is 11.7. The van der Waals surface area contributed by atoms with Gasteiger partial charge in [-0.15, -0.1) is 22.7 Å². The van der Waals surface area contributed by atoms with Crippen LogP contribution in [0.4, 0.5) is 4.79 Å². The molecular weight excluding hydrogens is 342 g/mol. The normalized spacial score (nSPS) is 20.4. The Kier molecular flexibility index (Phi) is 4.39. The summed E-state index contributed by atoms with van der Waals surface area (Å²) in [6.45, 7) is 1.06. The van der Waals surface area contributed by atoms with Gasteiger partial charge in [-0.25, -0.2) is 4.79 Å². The molecule has 1 atom stereocenters. The summed E-state index contributed by atoms with van der Waals surface area (Å²) in [5.41, 5.74) is 1.30. The van der Waals surface area contributed by atoms with Crippen LogP contribution in [0, 0.1) is 0 Å². The molecule has 24 heavy (non-hydrogen) atoms. The summed E-state index contributed by atoms with van der Waals surface area (Å²) in [6.07, 6.45) is 2.97. The standard InChI is InChI=1S/C17H19N3O2S2/c21-15(19-17(22)18-11-3-4-11)10-20-7-5-13-12(6-9-24-13)16(20)14-2-1-8-23-14/h1-2,6,8-9,11,16H,3-5,7,10H2,(H2,18,19,21,22)/t16-/m1/s1. The van der Waals surface area contributed by atoms with Crippen molar-refractivity contribution in [3.63, 3.8) is 0 Å². The van der Waals surface area contributed by atoms with Crippen molar-refractivity contribution in [3.05, 3.63) is 44.3 Å². The highest BCUT2D eigenvalue weighted by atomic mass is 32.1. The summed E-state index contributed by atoms with van der Waals surface area (Å²) in [6, 6.07) is 6.31. The number of hydrogen-bond acceptors (Lipinski definition) is 5. The smallest absolute Gasteiger partial charge is 0.321 e. The number of thiophene rings is 2. The first kappa shape index (κ1) is 15.8. The van der Waals surface area contributed by atoms with E-state index in [-0.39, 0.29) is 30.6 Å². The van der Waals surface area contributed by atoms with Crippen LogP contribution >= 0.6 is 22.7 Å². The van der Waals surface area contributed by atoms with Crippen LogP contribution in [0.25, 0.3) is 0 Å².